The van der Waals surface area contributed by atoms with Crippen LogP contribution in [0.5, 0.6) is 0 Å². The molecule has 1 aliphatic rings. The van der Waals surface area contributed by atoms with Gasteiger partial charge in [-0.3, -0.25) is 9.59 Å². The van der Waals surface area contributed by atoms with Crippen LogP contribution in [0.2, 0.25) is 0 Å². The third kappa shape index (κ3) is 1.96. The molecule has 15 heavy (non-hydrogen) atoms. The molecule has 82 valence electrons. The molecule has 0 saturated carbocycles. The molecule has 0 radical (unpaired) electrons. The molecule has 0 saturated heterocycles. The Morgan fingerprint density at radius 3 is 2.40 bits per heavy atom. The molecule has 1 N–H and O–H groups in total. The van der Waals surface area contributed by atoms with Gasteiger partial charge < -0.3 is 9.29 Å². The van der Waals surface area contributed by atoms with E-state index in [1.54, 1.807) is 0 Å². The normalized spacial score (nSPS) is 19.1. The van der Waals surface area contributed by atoms with Gasteiger partial charge in [0.25, 0.3) is 5.91 Å². The molecular formula is C6H5NO7S. The number of aliphatic carboxylic acids is 1. The molecule has 1 rings (SSSR count). The van der Waals surface area contributed by atoms with Gasteiger partial charge in [-0.15, -0.1) is 4.31 Å². The fourth-order valence-corrected chi connectivity index (χ4v) is 1.87. The lowest BCUT2D eigenvalue weighted by Gasteiger charge is -2.20. The van der Waals surface area contributed by atoms with Crippen LogP contribution in [0.15, 0.2) is 11.8 Å². The minimum absolute atomic E-state index is 0.241. The van der Waals surface area contributed by atoms with Gasteiger partial charge in [0.15, 0.2) is 0 Å². The highest BCUT2D eigenvalue weighted by Gasteiger charge is 2.41. The summed E-state index contributed by atoms with van der Waals surface area (Å²) in [5.41, 5.74) is 0. The van der Waals surface area contributed by atoms with Crippen LogP contribution in [0.1, 0.15) is 6.92 Å². The Morgan fingerprint density at radius 2 is 2.00 bits per heavy atom. The molecule has 0 aromatic heterocycles. The summed E-state index contributed by atoms with van der Waals surface area (Å²) in [5.74, 6) is -5.46. The van der Waals surface area contributed by atoms with Crippen molar-refractivity contribution >= 4 is 28.1 Å². The van der Waals surface area contributed by atoms with Gasteiger partial charge in [0.05, 0.1) is 0 Å². The summed E-state index contributed by atoms with van der Waals surface area (Å²) in [4.78, 5) is 32.1. The number of imide groups is 1. The molecule has 0 aromatic carbocycles. The van der Waals surface area contributed by atoms with Gasteiger partial charge in [0.2, 0.25) is 0 Å². The van der Waals surface area contributed by atoms with Gasteiger partial charge in [-0.1, -0.05) is 0 Å². The second-order valence-corrected chi connectivity index (χ2v) is 3.90. The molecule has 0 unspecified atom stereocenters. The predicted octanol–water partition coefficient (Wildman–Crippen LogP) is -1.40. The Balaban J connectivity index is 3.25. The number of carboxylic acids is 1. The van der Waals surface area contributed by atoms with E-state index in [4.69, 9.17) is 5.11 Å². The molecule has 1 heterocycles. The van der Waals surface area contributed by atoms with Crippen molar-refractivity contribution in [2.24, 2.45) is 0 Å². The molecule has 9 heteroatoms. The molecule has 0 atom stereocenters. The Hall–Kier alpha value is -1.90. The van der Waals surface area contributed by atoms with Gasteiger partial charge in [-0.25, -0.2) is 4.79 Å². The standard InChI is InChI=1S/C6H5NO7S/c1-3-2-4(8)7(5(9)6(10)11)15(12,13)14-3/h2H,1H3,(H,10,11). The van der Waals surface area contributed by atoms with E-state index >= 15 is 0 Å². The number of carbonyl (C=O) groups is 3. The summed E-state index contributed by atoms with van der Waals surface area (Å²) in [5, 5.41) is 8.27. The molecule has 1 aliphatic heterocycles. The van der Waals surface area contributed by atoms with Crippen molar-refractivity contribution in [3.63, 3.8) is 0 Å². The zero-order chi connectivity index (χ0) is 11.8. The third-order valence-electron chi connectivity index (χ3n) is 1.35. The Kier molecular flexibility index (Phi) is 2.50. The van der Waals surface area contributed by atoms with Crippen molar-refractivity contribution in [2.45, 2.75) is 6.92 Å². The molecule has 2 amide bonds. The second kappa shape index (κ2) is 3.35. The fourth-order valence-electron chi connectivity index (χ4n) is 0.859. The first kappa shape index (κ1) is 11.2. The van der Waals surface area contributed by atoms with Crippen LogP contribution in [0.25, 0.3) is 0 Å². The van der Waals surface area contributed by atoms with Gasteiger partial charge in [0, 0.05) is 6.08 Å². The second-order valence-electron chi connectivity index (χ2n) is 2.51. The smallest absolute Gasteiger partial charge is 0.419 e. The number of nitrogens with zero attached hydrogens (tertiary/aromatic N) is 1. The molecule has 0 spiro atoms. The lowest BCUT2D eigenvalue weighted by atomic mass is 10.4. The number of amides is 2. The van der Waals surface area contributed by atoms with E-state index in [1.807, 2.05) is 0 Å². The number of hydrogen-bond donors (Lipinski definition) is 1. The SMILES string of the molecule is CC1=CC(=O)N(C(=O)C(=O)O)S(=O)(=O)O1. The monoisotopic (exact) mass is 235 g/mol. The van der Waals surface area contributed by atoms with Gasteiger partial charge in [-0.2, -0.15) is 8.42 Å². The first-order valence-electron chi connectivity index (χ1n) is 3.50. The highest BCUT2D eigenvalue weighted by Crippen LogP contribution is 2.16. The average molecular weight is 235 g/mol. The lowest BCUT2D eigenvalue weighted by Crippen LogP contribution is -2.47. The Bertz CT molecular complexity index is 474. The molecule has 0 aromatic rings. The van der Waals surface area contributed by atoms with Crippen LogP contribution in [0.3, 0.4) is 0 Å². The van der Waals surface area contributed by atoms with E-state index < -0.39 is 32.4 Å². The summed E-state index contributed by atoms with van der Waals surface area (Å²) >= 11 is 0. The minimum Gasteiger partial charge on any atom is -0.474 e. The van der Waals surface area contributed by atoms with E-state index in [1.165, 1.54) is 6.92 Å². The maximum atomic E-state index is 11.1. The molecule has 0 fully saturated rings. The largest absolute Gasteiger partial charge is 0.474 e. The first-order chi connectivity index (χ1) is 6.75. The van der Waals surface area contributed by atoms with E-state index in [2.05, 4.69) is 4.18 Å². The van der Waals surface area contributed by atoms with E-state index in [0.29, 0.717) is 6.08 Å². The first-order valence-corrected chi connectivity index (χ1v) is 4.86. The van der Waals surface area contributed by atoms with Crippen molar-refractivity contribution in [1.29, 1.82) is 0 Å². The number of rotatable bonds is 0. The maximum Gasteiger partial charge on any atom is 0.419 e. The van der Waals surface area contributed by atoms with Crippen molar-refractivity contribution in [1.82, 2.24) is 4.31 Å². The lowest BCUT2D eigenvalue weighted by molar-refractivity contribution is -0.155. The maximum absolute atomic E-state index is 11.1. The van der Waals surface area contributed by atoms with Crippen LogP contribution in [-0.4, -0.2) is 35.6 Å². The van der Waals surface area contributed by atoms with E-state index in [0.717, 1.165) is 0 Å². The molecule has 0 bridgehead atoms. The number of carboxylic acid groups (broad SMARTS) is 1. The van der Waals surface area contributed by atoms with Crippen LogP contribution in [0, 0.1) is 0 Å². The fraction of sp³-hybridized carbons (Fsp3) is 0.167. The van der Waals surface area contributed by atoms with E-state index in [-0.39, 0.29) is 5.76 Å². The summed E-state index contributed by atoms with van der Waals surface area (Å²) in [6, 6.07) is 0. The molecular weight excluding hydrogens is 230 g/mol. The Morgan fingerprint density at radius 1 is 1.47 bits per heavy atom. The minimum atomic E-state index is -4.68. The highest BCUT2D eigenvalue weighted by atomic mass is 32.2. The van der Waals surface area contributed by atoms with Crippen molar-refractivity contribution in [3.8, 4) is 0 Å². The highest BCUT2D eigenvalue weighted by molar-refractivity contribution is 7.85. The van der Waals surface area contributed by atoms with Crippen LogP contribution in [-0.2, 0) is 28.9 Å². The quantitative estimate of drug-likeness (QED) is 0.513. The van der Waals surface area contributed by atoms with Gasteiger partial charge in [0.1, 0.15) is 5.76 Å². The molecule has 8 nitrogen and oxygen atoms in total. The Labute approximate surface area is 84.0 Å². The molecule has 0 aliphatic carbocycles. The average Bonchev–Trinajstić information content (AvgIpc) is 1.99. The van der Waals surface area contributed by atoms with Gasteiger partial charge in [-0.05, 0) is 6.92 Å². The summed E-state index contributed by atoms with van der Waals surface area (Å²) < 4.78 is 25.9. The number of carbonyl (C=O) groups excluding carboxylic acids is 2. The summed E-state index contributed by atoms with van der Waals surface area (Å²) in [6.07, 6.45) is 0.696. The zero-order valence-electron chi connectivity index (χ0n) is 7.33. The van der Waals surface area contributed by atoms with Gasteiger partial charge >= 0.3 is 22.2 Å². The van der Waals surface area contributed by atoms with E-state index in [9.17, 15) is 22.8 Å². The summed E-state index contributed by atoms with van der Waals surface area (Å²) in [7, 11) is -4.68. The number of allylic oxidation sites excluding steroid dienone is 1. The zero-order valence-corrected chi connectivity index (χ0v) is 8.15. The topological polar surface area (TPSA) is 118 Å². The van der Waals surface area contributed by atoms with Crippen molar-refractivity contribution in [2.75, 3.05) is 0 Å². The third-order valence-corrected chi connectivity index (χ3v) is 2.62. The predicted molar refractivity (Wildman–Crippen MR) is 43.3 cm³/mol. The van der Waals surface area contributed by atoms with Crippen LogP contribution < -0.4 is 0 Å². The summed E-state index contributed by atoms with van der Waals surface area (Å²) in [6.45, 7) is 1.18. The van der Waals surface area contributed by atoms with Crippen LogP contribution in [0.4, 0.5) is 0 Å². The van der Waals surface area contributed by atoms with Crippen LogP contribution >= 0.6 is 0 Å². The van der Waals surface area contributed by atoms with Crippen molar-refractivity contribution in [3.05, 3.63) is 11.8 Å². The van der Waals surface area contributed by atoms with Crippen molar-refractivity contribution < 1.29 is 32.1 Å². The number of hydrogen-bond acceptors (Lipinski definition) is 6.